The number of amides is 1. The highest BCUT2D eigenvalue weighted by atomic mass is 79.9. The van der Waals surface area contributed by atoms with Gasteiger partial charge in [-0.25, -0.2) is 0 Å². The molecule has 1 amide bonds. The van der Waals surface area contributed by atoms with Gasteiger partial charge in [-0.15, -0.1) is 10.2 Å². The van der Waals surface area contributed by atoms with E-state index in [1.54, 1.807) is 4.57 Å². The van der Waals surface area contributed by atoms with Gasteiger partial charge in [-0.1, -0.05) is 52.3 Å². The number of hydrogen-bond donors (Lipinski definition) is 1. The number of nitrogens with zero attached hydrogens (tertiary/aromatic N) is 3. The minimum atomic E-state index is -0.537. The SMILES string of the molecule is CCn1c(O)c(N=NC(=O)COc2cccc3ccccc23)c2cc(Br)ccc21. The van der Waals surface area contributed by atoms with Crippen molar-refractivity contribution in [1.29, 1.82) is 0 Å². The average molecular weight is 452 g/mol. The lowest BCUT2D eigenvalue weighted by Gasteiger charge is -2.07. The molecular weight excluding hydrogens is 434 g/mol. The summed E-state index contributed by atoms with van der Waals surface area (Å²) in [4.78, 5) is 12.2. The Labute approximate surface area is 175 Å². The van der Waals surface area contributed by atoms with E-state index in [-0.39, 0.29) is 18.2 Å². The lowest BCUT2D eigenvalue weighted by Crippen LogP contribution is -2.08. The Morgan fingerprint density at radius 2 is 1.90 bits per heavy atom. The largest absolute Gasteiger partial charge is 0.493 e. The van der Waals surface area contributed by atoms with Gasteiger partial charge in [0.1, 0.15) is 5.75 Å². The Morgan fingerprint density at radius 1 is 1.10 bits per heavy atom. The van der Waals surface area contributed by atoms with E-state index in [1.165, 1.54) is 0 Å². The molecule has 0 saturated carbocycles. The number of carbonyl (C=O) groups is 1. The molecule has 0 fully saturated rings. The van der Waals surface area contributed by atoms with Gasteiger partial charge in [-0.05, 0) is 36.6 Å². The van der Waals surface area contributed by atoms with Crippen molar-refractivity contribution in [2.75, 3.05) is 6.61 Å². The summed E-state index contributed by atoms with van der Waals surface area (Å²) in [6, 6.07) is 19.1. The standard InChI is InChI=1S/C22H18BrN3O3/c1-2-26-18-11-10-15(23)12-17(18)21(22(26)28)25-24-20(27)13-29-19-9-5-7-14-6-3-4-8-16(14)19/h3-12,28H,2,13H2,1H3. The van der Waals surface area contributed by atoms with Crippen LogP contribution >= 0.6 is 15.9 Å². The molecule has 0 aliphatic carbocycles. The number of benzene rings is 3. The fourth-order valence-corrected chi connectivity index (χ4v) is 3.67. The maximum atomic E-state index is 12.2. The van der Waals surface area contributed by atoms with Gasteiger partial charge in [0.05, 0.1) is 5.52 Å². The zero-order valence-corrected chi connectivity index (χ0v) is 17.3. The topological polar surface area (TPSA) is 76.2 Å². The Bertz CT molecular complexity index is 1240. The third kappa shape index (κ3) is 3.73. The van der Waals surface area contributed by atoms with Gasteiger partial charge in [0, 0.05) is 21.8 Å². The number of halogens is 1. The lowest BCUT2D eigenvalue weighted by atomic mass is 10.1. The molecule has 4 aromatic rings. The van der Waals surface area contributed by atoms with Crippen molar-refractivity contribution in [3.05, 3.63) is 65.1 Å². The Balaban J connectivity index is 1.56. The minimum Gasteiger partial charge on any atom is -0.493 e. The second-order valence-electron chi connectivity index (χ2n) is 6.44. The third-order valence-electron chi connectivity index (χ3n) is 4.65. The fraction of sp³-hybridized carbons (Fsp3) is 0.136. The van der Waals surface area contributed by atoms with E-state index in [4.69, 9.17) is 4.74 Å². The number of azo groups is 1. The maximum Gasteiger partial charge on any atom is 0.302 e. The van der Waals surface area contributed by atoms with E-state index < -0.39 is 5.91 Å². The smallest absolute Gasteiger partial charge is 0.302 e. The average Bonchev–Trinajstić information content (AvgIpc) is 3.00. The summed E-state index contributed by atoms with van der Waals surface area (Å²) in [5, 5.41) is 20.9. The van der Waals surface area contributed by atoms with Crippen LogP contribution in [0.2, 0.25) is 0 Å². The van der Waals surface area contributed by atoms with E-state index in [9.17, 15) is 9.90 Å². The van der Waals surface area contributed by atoms with E-state index in [0.29, 0.717) is 17.7 Å². The molecule has 7 heteroatoms. The van der Waals surface area contributed by atoms with Crippen molar-refractivity contribution >= 4 is 49.2 Å². The lowest BCUT2D eigenvalue weighted by molar-refractivity contribution is -0.120. The summed E-state index contributed by atoms with van der Waals surface area (Å²) >= 11 is 3.42. The molecule has 1 aromatic heterocycles. The predicted octanol–water partition coefficient (Wildman–Crippen LogP) is 5.97. The van der Waals surface area contributed by atoms with Crippen molar-refractivity contribution < 1.29 is 14.6 Å². The van der Waals surface area contributed by atoms with Crippen molar-refractivity contribution in [1.82, 2.24) is 4.57 Å². The molecular formula is C22H18BrN3O3. The first kappa shape index (κ1) is 19.1. The summed E-state index contributed by atoms with van der Waals surface area (Å²) < 4.78 is 8.22. The van der Waals surface area contributed by atoms with Crippen LogP contribution in [0.1, 0.15) is 6.92 Å². The molecule has 0 radical (unpaired) electrons. The monoisotopic (exact) mass is 451 g/mol. The summed E-state index contributed by atoms with van der Waals surface area (Å²) in [7, 11) is 0. The molecule has 4 rings (SSSR count). The van der Waals surface area contributed by atoms with Crippen LogP contribution in [0.15, 0.2) is 75.4 Å². The number of fused-ring (bicyclic) bond motifs is 2. The second kappa shape index (κ2) is 8.05. The van der Waals surface area contributed by atoms with Gasteiger partial charge in [0.2, 0.25) is 5.88 Å². The molecule has 1 N–H and O–H groups in total. The number of aryl methyl sites for hydroxylation is 1. The van der Waals surface area contributed by atoms with Gasteiger partial charge in [0.25, 0.3) is 0 Å². The van der Waals surface area contributed by atoms with Crippen molar-refractivity contribution in [2.24, 2.45) is 10.2 Å². The van der Waals surface area contributed by atoms with Gasteiger partial charge in [-0.2, -0.15) is 0 Å². The zero-order chi connectivity index (χ0) is 20.4. The molecule has 0 bridgehead atoms. The number of aromatic hydroxyl groups is 1. The fourth-order valence-electron chi connectivity index (χ4n) is 3.31. The van der Waals surface area contributed by atoms with Crippen LogP contribution in [0.5, 0.6) is 11.6 Å². The van der Waals surface area contributed by atoms with Crippen LogP contribution in [-0.4, -0.2) is 22.2 Å². The first-order valence-corrected chi connectivity index (χ1v) is 9.93. The Hall–Kier alpha value is -3.19. The first-order valence-electron chi connectivity index (χ1n) is 9.14. The van der Waals surface area contributed by atoms with Gasteiger partial charge in [-0.3, -0.25) is 4.79 Å². The number of hydrogen-bond acceptors (Lipinski definition) is 4. The molecule has 0 saturated heterocycles. The van der Waals surface area contributed by atoms with Gasteiger partial charge >= 0.3 is 5.91 Å². The summed E-state index contributed by atoms with van der Waals surface area (Å²) in [5.74, 6) is 0.0536. The van der Waals surface area contributed by atoms with Crippen LogP contribution in [0, 0.1) is 0 Å². The van der Waals surface area contributed by atoms with E-state index in [2.05, 4.69) is 26.2 Å². The van der Waals surface area contributed by atoms with E-state index >= 15 is 0 Å². The normalized spacial score (nSPS) is 11.5. The molecule has 0 atom stereocenters. The Morgan fingerprint density at radius 3 is 2.72 bits per heavy atom. The molecule has 146 valence electrons. The molecule has 0 aliphatic rings. The number of rotatable bonds is 5. The molecule has 3 aromatic carbocycles. The van der Waals surface area contributed by atoms with Crippen molar-refractivity contribution in [3.63, 3.8) is 0 Å². The molecule has 0 unspecified atom stereocenters. The summed E-state index contributed by atoms with van der Waals surface area (Å²) in [5.41, 5.74) is 1.09. The van der Waals surface area contributed by atoms with Crippen LogP contribution in [0.25, 0.3) is 21.7 Å². The van der Waals surface area contributed by atoms with Crippen LogP contribution < -0.4 is 4.74 Å². The first-order chi connectivity index (χ1) is 14.1. The second-order valence-corrected chi connectivity index (χ2v) is 7.35. The van der Waals surface area contributed by atoms with Gasteiger partial charge < -0.3 is 14.4 Å². The molecule has 0 aliphatic heterocycles. The van der Waals surface area contributed by atoms with E-state index in [1.807, 2.05) is 67.6 Å². The molecule has 1 heterocycles. The maximum absolute atomic E-state index is 12.2. The predicted molar refractivity (Wildman–Crippen MR) is 116 cm³/mol. The van der Waals surface area contributed by atoms with Crippen LogP contribution in [0.4, 0.5) is 5.69 Å². The number of aromatic nitrogens is 1. The molecule has 29 heavy (non-hydrogen) atoms. The van der Waals surface area contributed by atoms with Crippen LogP contribution in [-0.2, 0) is 11.3 Å². The Kier molecular flexibility index (Phi) is 5.31. The van der Waals surface area contributed by atoms with Crippen LogP contribution in [0.3, 0.4) is 0 Å². The number of carbonyl (C=O) groups excluding carboxylic acids is 1. The minimum absolute atomic E-state index is 0.0212. The third-order valence-corrected chi connectivity index (χ3v) is 5.14. The highest BCUT2D eigenvalue weighted by Crippen LogP contribution is 2.40. The summed E-state index contributed by atoms with van der Waals surface area (Å²) in [6.45, 7) is 2.25. The zero-order valence-electron chi connectivity index (χ0n) is 15.7. The molecule has 0 spiro atoms. The molecule has 6 nitrogen and oxygen atoms in total. The summed E-state index contributed by atoms with van der Waals surface area (Å²) in [6.07, 6.45) is 0. The number of ether oxygens (including phenoxy) is 1. The quantitative estimate of drug-likeness (QED) is 0.379. The van der Waals surface area contributed by atoms with E-state index in [0.717, 1.165) is 20.8 Å². The highest BCUT2D eigenvalue weighted by Gasteiger charge is 2.16. The van der Waals surface area contributed by atoms with Crippen molar-refractivity contribution in [3.8, 4) is 11.6 Å². The van der Waals surface area contributed by atoms with Gasteiger partial charge in [0.15, 0.2) is 12.3 Å². The highest BCUT2D eigenvalue weighted by molar-refractivity contribution is 9.10. The van der Waals surface area contributed by atoms with Crippen molar-refractivity contribution in [2.45, 2.75) is 13.5 Å².